The van der Waals surface area contributed by atoms with Crippen LogP contribution in [0, 0.1) is 19.3 Å². The Morgan fingerprint density at radius 3 is 2.55 bits per heavy atom. The van der Waals surface area contributed by atoms with Crippen LogP contribution in [0.3, 0.4) is 0 Å². The largest absolute Gasteiger partial charge is 0.365 e. The maximum absolute atomic E-state index is 11.7. The van der Waals surface area contributed by atoms with E-state index in [1.165, 1.54) is 6.42 Å². The lowest BCUT2D eigenvalue weighted by Crippen LogP contribution is -2.30. The van der Waals surface area contributed by atoms with Gasteiger partial charge in [0.25, 0.3) is 5.91 Å². The Balaban J connectivity index is 2.39. The monoisotopic (exact) mass is 276 g/mol. The van der Waals surface area contributed by atoms with E-state index in [-0.39, 0.29) is 0 Å². The van der Waals surface area contributed by atoms with Gasteiger partial charge in [0.2, 0.25) is 0 Å². The molecule has 0 aromatic carbocycles. The molecular formula is C15H24N4O. The summed E-state index contributed by atoms with van der Waals surface area (Å²) >= 11 is 0. The topological polar surface area (TPSA) is 72.1 Å². The van der Waals surface area contributed by atoms with Crippen LogP contribution in [0.4, 0.5) is 5.82 Å². The molecule has 1 saturated heterocycles. The van der Waals surface area contributed by atoms with E-state index in [1.807, 2.05) is 13.8 Å². The van der Waals surface area contributed by atoms with Crippen LogP contribution < -0.4 is 10.6 Å². The molecule has 0 unspecified atom stereocenters. The standard InChI is InChI=1S/C15H24N4O/c1-10-12(13(16)20)14(18-11(2)17-10)19-8-5-6-15(3,4)7-9-19/h5-9H2,1-4H3,(H2,16,20). The van der Waals surface area contributed by atoms with Gasteiger partial charge in [-0.3, -0.25) is 4.79 Å². The molecule has 2 rings (SSSR count). The van der Waals surface area contributed by atoms with Gasteiger partial charge in [0.1, 0.15) is 17.2 Å². The van der Waals surface area contributed by atoms with E-state index in [0.717, 1.165) is 25.9 Å². The maximum Gasteiger partial charge on any atom is 0.254 e. The van der Waals surface area contributed by atoms with Crippen molar-refractivity contribution in [2.24, 2.45) is 11.1 Å². The quantitative estimate of drug-likeness (QED) is 0.899. The van der Waals surface area contributed by atoms with Crippen molar-refractivity contribution < 1.29 is 4.79 Å². The second-order valence-corrected chi connectivity index (χ2v) is 6.42. The number of hydrogen-bond donors (Lipinski definition) is 1. The Morgan fingerprint density at radius 1 is 1.20 bits per heavy atom. The lowest BCUT2D eigenvalue weighted by molar-refractivity contribution is 0.0999. The summed E-state index contributed by atoms with van der Waals surface area (Å²) in [6.07, 6.45) is 3.39. The van der Waals surface area contributed by atoms with Gasteiger partial charge in [-0.2, -0.15) is 0 Å². The molecule has 0 aliphatic carbocycles. The molecule has 5 heteroatoms. The number of primary amides is 1. The van der Waals surface area contributed by atoms with Crippen LogP contribution in [0.15, 0.2) is 0 Å². The minimum absolute atomic E-state index is 0.346. The van der Waals surface area contributed by atoms with E-state index in [9.17, 15) is 4.79 Å². The van der Waals surface area contributed by atoms with E-state index >= 15 is 0 Å². The molecule has 1 fully saturated rings. The Hall–Kier alpha value is -1.65. The van der Waals surface area contributed by atoms with Crippen molar-refractivity contribution >= 4 is 11.7 Å². The fraction of sp³-hybridized carbons (Fsp3) is 0.667. The van der Waals surface area contributed by atoms with E-state index in [1.54, 1.807) is 0 Å². The Labute approximate surface area is 120 Å². The fourth-order valence-corrected chi connectivity index (χ4v) is 2.85. The predicted molar refractivity (Wildman–Crippen MR) is 79.9 cm³/mol. The normalized spacial score (nSPS) is 18.7. The van der Waals surface area contributed by atoms with Gasteiger partial charge in [-0.15, -0.1) is 0 Å². The highest BCUT2D eigenvalue weighted by Crippen LogP contribution is 2.32. The van der Waals surface area contributed by atoms with Crippen molar-refractivity contribution in [1.29, 1.82) is 0 Å². The van der Waals surface area contributed by atoms with Crippen LogP contribution in [0.5, 0.6) is 0 Å². The van der Waals surface area contributed by atoms with Crippen molar-refractivity contribution in [3.8, 4) is 0 Å². The minimum Gasteiger partial charge on any atom is -0.365 e. The summed E-state index contributed by atoms with van der Waals surface area (Å²) in [4.78, 5) is 22.7. The first-order valence-corrected chi connectivity index (χ1v) is 7.20. The summed E-state index contributed by atoms with van der Waals surface area (Å²) in [5.41, 5.74) is 7.00. The van der Waals surface area contributed by atoms with Gasteiger partial charge < -0.3 is 10.6 Å². The average Bonchev–Trinajstić information content (AvgIpc) is 2.48. The third-order valence-corrected chi connectivity index (χ3v) is 4.07. The molecule has 1 amide bonds. The molecule has 1 aromatic heterocycles. The van der Waals surface area contributed by atoms with Crippen LogP contribution in [0.25, 0.3) is 0 Å². The van der Waals surface area contributed by atoms with E-state index in [4.69, 9.17) is 5.73 Å². The first-order valence-electron chi connectivity index (χ1n) is 7.20. The molecule has 0 spiro atoms. The van der Waals surface area contributed by atoms with Crippen LogP contribution in [0.2, 0.25) is 0 Å². The first kappa shape index (κ1) is 14.8. The number of anilines is 1. The zero-order valence-corrected chi connectivity index (χ0v) is 12.9. The zero-order valence-electron chi connectivity index (χ0n) is 12.9. The summed E-state index contributed by atoms with van der Waals surface area (Å²) in [5.74, 6) is 0.951. The molecule has 1 aliphatic heterocycles. The molecule has 0 saturated carbocycles. The number of rotatable bonds is 2. The molecule has 0 radical (unpaired) electrons. The second-order valence-electron chi connectivity index (χ2n) is 6.42. The summed E-state index contributed by atoms with van der Waals surface area (Å²) in [5, 5.41) is 0. The highest BCUT2D eigenvalue weighted by Gasteiger charge is 2.26. The number of aromatic nitrogens is 2. The molecular weight excluding hydrogens is 252 g/mol. The molecule has 1 aliphatic rings. The number of aryl methyl sites for hydroxylation is 2. The highest BCUT2D eigenvalue weighted by atomic mass is 16.1. The van der Waals surface area contributed by atoms with E-state index in [2.05, 4.69) is 28.7 Å². The van der Waals surface area contributed by atoms with Gasteiger partial charge in [-0.25, -0.2) is 9.97 Å². The van der Waals surface area contributed by atoms with Crippen LogP contribution >= 0.6 is 0 Å². The van der Waals surface area contributed by atoms with E-state index < -0.39 is 5.91 Å². The molecule has 110 valence electrons. The number of nitrogens with two attached hydrogens (primary N) is 1. The second kappa shape index (κ2) is 5.38. The molecule has 2 N–H and O–H groups in total. The predicted octanol–water partition coefficient (Wildman–Crippen LogP) is 2.21. The summed E-state index contributed by atoms with van der Waals surface area (Å²) in [6.45, 7) is 10.1. The van der Waals surface area contributed by atoms with Gasteiger partial charge in [0, 0.05) is 13.1 Å². The molecule has 5 nitrogen and oxygen atoms in total. The number of hydrogen-bond acceptors (Lipinski definition) is 4. The first-order chi connectivity index (χ1) is 9.30. The van der Waals surface area contributed by atoms with Gasteiger partial charge in [0.15, 0.2) is 0 Å². The van der Waals surface area contributed by atoms with Crippen molar-refractivity contribution in [3.05, 3.63) is 17.1 Å². The SMILES string of the molecule is Cc1nc(C)c(C(N)=O)c(N2CCCC(C)(C)CC2)n1. The Kier molecular flexibility index (Phi) is 3.97. The molecule has 0 bridgehead atoms. The third kappa shape index (κ3) is 3.08. The van der Waals surface area contributed by atoms with Crippen LogP contribution in [-0.4, -0.2) is 29.0 Å². The molecule has 2 heterocycles. The van der Waals surface area contributed by atoms with Gasteiger partial charge >= 0.3 is 0 Å². The van der Waals surface area contributed by atoms with Crippen molar-refractivity contribution in [2.75, 3.05) is 18.0 Å². The summed E-state index contributed by atoms with van der Waals surface area (Å²) in [6, 6.07) is 0. The number of amides is 1. The molecule has 20 heavy (non-hydrogen) atoms. The lowest BCUT2D eigenvalue weighted by Gasteiger charge is -2.25. The van der Waals surface area contributed by atoms with Crippen LogP contribution in [-0.2, 0) is 0 Å². The zero-order chi connectivity index (χ0) is 14.9. The van der Waals surface area contributed by atoms with Crippen LogP contribution in [0.1, 0.15) is 55.0 Å². The van der Waals surface area contributed by atoms with E-state index in [0.29, 0.717) is 28.3 Å². The summed E-state index contributed by atoms with van der Waals surface area (Å²) in [7, 11) is 0. The molecule has 0 atom stereocenters. The number of carbonyl (C=O) groups is 1. The fourth-order valence-electron chi connectivity index (χ4n) is 2.85. The van der Waals surface area contributed by atoms with Crippen molar-refractivity contribution in [3.63, 3.8) is 0 Å². The number of nitrogens with zero attached hydrogens (tertiary/aromatic N) is 3. The van der Waals surface area contributed by atoms with Gasteiger partial charge in [-0.05, 0) is 38.5 Å². The maximum atomic E-state index is 11.7. The van der Waals surface area contributed by atoms with Crippen molar-refractivity contribution in [1.82, 2.24) is 9.97 Å². The molecule has 1 aromatic rings. The van der Waals surface area contributed by atoms with Crippen molar-refractivity contribution in [2.45, 2.75) is 47.0 Å². The number of carbonyl (C=O) groups excluding carboxylic acids is 1. The summed E-state index contributed by atoms with van der Waals surface area (Å²) < 4.78 is 0. The van der Waals surface area contributed by atoms with Gasteiger partial charge in [-0.1, -0.05) is 13.8 Å². The lowest BCUT2D eigenvalue weighted by atomic mass is 9.85. The Morgan fingerprint density at radius 2 is 1.90 bits per heavy atom. The van der Waals surface area contributed by atoms with Gasteiger partial charge in [0.05, 0.1) is 5.69 Å². The smallest absolute Gasteiger partial charge is 0.254 e. The Bertz CT molecular complexity index is 525. The third-order valence-electron chi connectivity index (χ3n) is 4.07. The minimum atomic E-state index is -0.444. The average molecular weight is 276 g/mol. The highest BCUT2D eigenvalue weighted by molar-refractivity contribution is 5.98.